The van der Waals surface area contributed by atoms with Crippen LogP contribution < -0.4 is 9.47 Å². The van der Waals surface area contributed by atoms with Crippen LogP contribution in [-0.4, -0.2) is 58.2 Å². The average molecular weight is 449 g/mol. The standard InChI is InChI=1S/C23H25ClO7/c24-17-14(7-11-1-3-12(4-2-11)13-5-6-13)8-15(22-23(17)30-10-29-22)21-20(28)19(27)18(26)16(9-25)31-21/h1-4,8,13,16,18-21,25-28H,5-7,9-10H2/t16?,18-,19+,20-,21+/m1/s1. The molecule has 0 aromatic heterocycles. The van der Waals surface area contributed by atoms with Crippen LogP contribution in [-0.2, 0) is 11.2 Å². The number of halogens is 1. The van der Waals surface area contributed by atoms with Crippen LogP contribution >= 0.6 is 11.6 Å². The van der Waals surface area contributed by atoms with Crippen molar-refractivity contribution < 1.29 is 34.6 Å². The van der Waals surface area contributed by atoms with Crippen molar-refractivity contribution in [2.45, 2.75) is 55.7 Å². The summed E-state index contributed by atoms with van der Waals surface area (Å²) >= 11 is 6.61. The maximum atomic E-state index is 10.6. The molecule has 7 nitrogen and oxygen atoms in total. The normalized spacial score (nSPS) is 29.9. The van der Waals surface area contributed by atoms with Crippen molar-refractivity contribution in [3.05, 3.63) is 57.6 Å². The maximum absolute atomic E-state index is 10.6. The highest BCUT2D eigenvalue weighted by atomic mass is 35.5. The maximum Gasteiger partial charge on any atom is 0.231 e. The Kier molecular flexibility index (Phi) is 5.58. The molecular weight excluding hydrogens is 424 g/mol. The van der Waals surface area contributed by atoms with Gasteiger partial charge in [0.05, 0.1) is 11.6 Å². The molecule has 2 aromatic rings. The third-order valence-electron chi connectivity index (χ3n) is 6.31. The molecule has 5 atom stereocenters. The molecule has 4 N–H and O–H groups in total. The van der Waals surface area contributed by atoms with E-state index >= 15 is 0 Å². The smallest absolute Gasteiger partial charge is 0.231 e. The SMILES string of the molecule is OCC1O[C@@H](c2cc(Cc3ccc(C4CC4)cc3)c(Cl)c3c2OCO3)[C@H](O)[C@@H](O)[C@@H]1O. The zero-order valence-electron chi connectivity index (χ0n) is 16.8. The summed E-state index contributed by atoms with van der Waals surface area (Å²) in [6, 6.07) is 10.2. The second-order valence-corrected chi connectivity index (χ2v) is 8.82. The van der Waals surface area contributed by atoms with Crippen LogP contribution in [0.2, 0.25) is 5.02 Å². The fourth-order valence-electron chi connectivity index (χ4n) is 4.36. The van der Waals surface area contributed by atoms with Crippen molar-refractivity contribution in [1.82, 2.24) is 0 Å². The molecule has 2 fully saturated rings. The van der Waals surface area contributed by atoms with Gasteiger partial charge in [0.2, 0.25) is 6.79 Å². The van der Waals surface area contributed by atoms with Crippen molar-refractivity contribution in [3.8, 4) is 11.5 Å². The van der Waals surface area contributed by atoms with Crippen molar-refractivity contribution in [2.75, 3.05) is 13.4 Å². The summed E-state index contributed by atoms with van der Waals surface area (Å²) in [5.41, 5.74) is 3.64. The molecule has 2 aliphatic heterocycles. The molecule has 2 heterocycles. The number of fused-ring (bicyclic) bond motifs is 1. The summed E-state index contributed by atoms with van der Waals surface area (Å²) in [5.74, 6) is 1.38. The third kappa shape index (κ3) is 3.80. The Hall–Kier alpha value is -1.87. The molecule has 1 aliphatic carbocycles. The molecule has 3 aliphatic rings. The topological polar surface area (TPSA) is 109 Å². The first-order chi connectivity index (χ1) is 15.0. The van der Waals surface area contributed by atoms with Crippen LogP contribution in [0.15, 0.2) is 30.3 Å². The highest BCUT2D eigenvalue weighted by Gasteiger charge is 2.46. The number of hydrogen-bond donors (Lipinski definition) is 4. The van der Waals surface area contributed by atoms with Gasteiger partial charge in [0.1, 0.15) is 30.5 Å². The molecule has 8 heteroatoms. The van der Waals surface area contributed by atoms with Crippen molar-refractivity contribution in [1.29, 1.82) is 0 Å². The van der Waals surface area contributed by atoms with Gasteiger partial charge >= 0.3 is 0 Å². The quantitative estimate of drug-likeness (QED) is 0.554. The van der Waals surface area contributed by atoms with Crippen LogP contribution in [0.3, 0.4) is 0 Å². The molecule has 1 saturated heterocycles. The van der Waals surface area contributed by atoms with E-state index in [2.05, 4.69) is 24.3 Å². The fraction of sp³-hybridized carbons (Fsp3) is 0.478. The van der Waals surface area contributed by atoms with E-state index in [0.29, 0.717) is 34.4 Å². The lowest BCUT2D eigenvalue weighted by atomic mass is 9.89. The third-order valence-corrected chi connectivity index (χ3v) is 6.72. The van der Waals surface area contributed by atoms with E-state index in [1.165, 1.54) is 18.4 Å². The summed E-state index contributed by atoms with van der Waals surface area (Å²) in [6.45, 7) is -0.534. The lowest BCUT2D eigenvalue weighted by Crippen LogP contribution is -2.55. The zero-order chi connectivity index (χ0) is 21.7. The van der Waals surface area contributed by atoms with Crippen molar-refractivity contribution in [3.63, 3.8) is 0 Å². The summed E-state index contributed by atoms with van der Waals surface area (Å²) in [5, 5.41) is 40.9. The second kappa shape index (κ2) is 8.24. The minimum atomic E-state index is -1.48. The first kappa shape index (κ1) is 21.0. The van der Waals surface area contributed by atoms with Gasteiger partial charge in [-0.2, -0.15) is 0 Å². The van der Waals surface area contributed by atoms with E-state index in [9.17, 15) is 20.4 Å². The van der Waals surface area contributed by atoms with Gasteiger partial charge < -0.3 is 34.6 Å². The van der Waals surface area contributed by atoms with Gasteiger partial charge in [0, 0.05) is 5.56 Å². The number of aliphatic hydroxyl groups is 4. The van der Waals surface area contributed by atoms with Crippen molar-refractivity contribution in [2.24, 2.45) is 0 Å². The Labute approximate surface area is 184 Å². The first-order valence-electron chi connectivity index (χ1n) is 10.5. The van der Waals surface area contributed by atoms with E-state index in [0.717, 1.165) is 11.1 Å². The highest BCUT2D eigenvalue weighted by molar-refractivity contribution is 6.33. The molecule has 1 unspecified atom stereocenters. The number of rotatable bonds is 5. The largest absolute Gasteiger partial charge is 0.453 e. The van der Waals surface area contributed by atoms with Crippen LogP contribution in [0.4, 0.5) is 0 Å². The Bertz CT molecular complexity index is 957. The van der Waals surface area contributed by atoms with Gasteiger partial charge in [-0.3, -0.25) is 0 Å². The van der Waals surface area contributed by atoms with Crippen LogP contribution in [0.1, 0.15) is 47.1 Å². The molecule has 0 bridgehead atoms. The van der Waals surface area contributed by atoms with Gasteiger partial charge in [-0.15, -0.1) is 0 Å². The Morgan fingerprint density at radius 3 is 2.32 bits per heavy atom. The monoisotopic (exact) mass is 448 g/mol. The minimum absolute atomic E-state index is 0.0288. The lowest BCUT2D eigenvalue weighted by molar-refractivity contribution is -0.232. The summed E-state index contributed by atoms with van der Waals surface area (Å²) in [4.78, 5) is 0. The Morgan fingerprint density at radius 2 is 1.65 bits per heavy atom. The number of ether oxygens (including phenoxy) is 3. The molecule has 31 heavy (non-hydrogen) atoms. The molecule has 5 rings (SSSR count). The van der Waals surface area contributed by atoms with E-state index in [4.69, 9.17) is 25.8 Å². The zero-order valence-corrected chi connectivity index (χ0v) is 17.5. The molecule has 2 aromatic carbocycles. The molecular formula is C23H25ClO7. The molecule has 0 radical (unpaired) electrons. The van der Waals surface area contributed by atoms with E-state index in [1.54, 1.807) is 6.07 Å². The molecule has 1 saturated carbocycles. The van der Waals surface area contributed by atoms with Crippen LogP contribution in [0, 0.1) is 0 Å². The molecule has 166 valence electrons. The van der Waals surface area contributed by atoms with Gasteiger partial charge in [-0.05, 0) is 47.9 Å². The average Bonchev–Trinajstić information content (AvgIpc) is 3.51. The summed E-state index contributed by atoms with van der Waals surface area (Å²) in [6.07, 6.45) is -3.36. The van der Waals surface area contributed by atoms with Gasteiger partial charge in [-0.1, -0.05) is 35.9 Å². The van der Waals surface area contributed by atoms with Gasteiger partial charge in [-0.25, -0.2) is 0 Å². The van der Waals surface area contributed by atoms with E-state index in [1.807, 2.05) is 0 Å². The van der Waals surface area contributed by atoms with Crippen molar-refractivity contribution >= 4 is 11.6 Å². The molecule has 0 amide bonds. The molecule has 0 spiro atoms. The number of benzene rings is 2. The predicted molar refractivity (Wildman–Crippen MR) is 112 cm³/mol. The Balaban J connectivity index is 1.50. The summed E-state index contributed by atoms with van der Waals surface area (Å²) < 4.78 is 16.9. The number of aliphatic hydroxyl groups excluding tert-OH is 4. The van der Waals surface area contributed by atoms with Gasteiger partial charge in [0.15, 0.2) is 11.5 Å². The van der Waals surface area contributed by atoms with Crippen LogP contribution in [0.5, 0.6) is 11.5 Å². The second-order valence-electron chi connectivity index (χ2n) is 8.45. The first-order valence-corrected chi connectivity index (χ1v) is 10.9. The highest BCUT2D eigenvalue weighted by Crippen LogP contribution is 2.49. The predicted octanol–water partition coefficient (Wildman–Crippen LogP) is 2.05. The van der Waals surface area contributed by atoms with Crippen LogP contribution in [0.25, 0.3) is 0 Å². The van der Waals surface area contributed by atoms with E-state index in [-0.39, 0.29) is 6.79 Å². The van der Waals surface area contributed by atoms with Gasteiger partial charge in [0.25, 0.3) is 0 Å². The minimum Gasteiger partial charge on any atom is -0.453 e. The fourth-order valence-corrected chi connectivity index (χ4v) is 4.62. The van der Waals surface area contributed by atoms with E-state index < -0.39 is 37.1 Å². The number of hydrogen-bond acceptors (Lipinski definition) is 7. The Morgan fingerprint density at radius 1 is 0.935 bits per heavy atom. The lowest BCUT2D eigenvalue weighted by Gasteiger charge is -2.40. The summed E-state index contributed by atoms with van der Waals surface area (Å²) in [7, 11) is 0.